The smallest absolute Gasteiger partial charge is 0.255 e. The summed E-state index contributed by atoms with van der Waals surface area (Å²) < 4.78 is 25.2. The first-order valence-corrected chi connectivity index (χ1v) is 11.1. The van der Waals surface area contributed by atoms with Crippen molar-refractivity contribution in [2.45, 2.75) is 33.6 Å². The Bertz CT molecular complexity index is 1340. The lowest BCUT2D eigenvalue weighted by atomic mass is 9.90. The largest absolute Gasteiger partial charge is 0.496 e. The maximum absolute atomic E-state index is 13.5. The second-order valence-electron chi connectivity index (χ2n) is 8.28. The average Bonchev–Trinajstić information content (AvgIpc) is 3.18. The molecule has 3 aromatic carbocycles. The number of ether oxygens (including phenoxy) is 1. The summed E-state index contributed by atoms with van der Waals surface area (Å²) >= 11 is 0. The van der Waals surface area contributed by atoms with E-state index in [2.05, 4.69) is 31.3 Å². The monoisotopic (exact) mass is 445 g/mol. The van der Waals surface area contributed by atoms with Gasteiger partial charge in [0.05, 0.1) is 12.7 Å². The first-order chi connectivity index (χ1) is 15.9. The predicted octanol–water partition coefficient (Wildman–Crippen LogP) is 6.84. The van der Waals surface area contributed by atoms with E-state index in [1.54, 1.807) is 26.3 Å². The molecule has 1 aromatic heterocycles. The summed E-state index contributed by atoms with van der Waals surface area (Å²) in [5.74, 6) is 0.702. The van der Waals surface area contributed by atoms with Gasteiger partial charge in [0.15, 0.2) is 0 Å². The zero-order valence-corrected chi connectivity index (χ0v) is 19.6. The van der Waals surface area contributed by atoms with Gasteiger partial charge in [-0.15, -0.1) is 0 Å². The molecule has 0 bridgehead atoms. The molecule has 1 heterocycles. The van der Waals surface area contributed by atoms with Gasteiger partial charge in [-0.3, -0.25) is 4.79 Å². The summed E-state index contributed by atoms with van der Waals surface area (Å²) in [4.78, 5) is 13.0. The van der Waals surface area contributed by atoms with Gasteiger partial charge in [0.1, 0.15) is 22.9 Å². The minimum atomic E-state index is -0.339. The van der Waals surface area contributed by atoms with Gasteiger partial charge in [-0.25, -0.2) is 4.39 Å². The number of rotatable bonds is 6. The highest BCUT2D eigenvalue weighted by atomic mass is 19.1. The molecule has 4 rings (SSSR count). The van der Waals surface area contributed by atoms with Crippen molar-refractivity contribution in [2.24, 2.45) is 0 Å². The highest BCUT2D eigenvalue weighted by Gasteiger charge is 2.24. The average molecular weight is 446 g/mol. The van der Waals surface area contributed by atoms with Crippen molar-refractivity contribution >= 4 is 16.9 Å². The zero-order chi connectivity index (χ0) is 23.7. The van der Waals surface area contributed by atoms with Crippen molar-refractivity contribution in [3.8, 4) is 28.2 Å². The van der Waals surface area contributed by atoms with Crippen LogP contribution in [0.25, 0.3) is 33.4 Å². The second kappa shape index (κ2) is 9.10. The number of carbonyl (C=O) groups excluding carboxylic acids is 1. The van der Waals surface area contributed by atoms with Gasteiger partial charge in [0.2, 0.25) is 0 Å². The van der Waals surface area contributed by atoms with Crippen molar-refractivity contribution in [3.63, 3.8) is 0 Å². The van der Waals surface area contributed by atoms with Crippen LogP contribution in [0.1, 0.15) is 40.4 Å². The normalized spacial score (nSPS) is 11.1. The fourth-order valence-electron chi connectivity index (χ4n) is 4.37. The number of nitrogens with one attached hydrogen (secondary N) is 1. The van der Waals surface area contributed by atoms with E-state index >= 15 is 0 Å². The first kappa shape index (κ1) is 22.6. The Morgan fingerprint density at radius 2 is 1.76 bits per heavy atom. The molecule has 0 spiro atoms. The van der Waals surface area contributed by atoms with E-state index in [-0.39, 0.29) is 11.7 Å². The van der Waals surface area contributed by atoms with Crippen LogP contribution < -0.4 is 10.1 Å². The van der Waals surface area contributed by atoms with Crippen molar-refractivity contribution in [1.29, 1.82) is 0 Å². The Kier molecular flexibility index (Phi) is 6.23. The molecule has 170 valence electrons. The number of hydrogen-bond donors (Lipinski definition) is 1. The van der Waals surface area contributed by atoms with Crippen LogP contribution in [0, 0.1) is 19.7 Å². The van der Waals surface area contributed by atoms with Crippen LogP contribution in [-0.4, -0.2) is 20.1 Å². The third kappa shape index (κ3) is 4.11. The Labute approximate surface area is 193 Å². The number of fused-ring (bicyclic) bond motifs is 1. The summed E-state index contributed by atoms with van der Waals surface area (Å²) in [5.41, 5.74) is 7.22. The highest BCUT2D eigenvalue weighted by molar-refractivity contribution is 6.12. The molecule has 0 saturated heterocycles. The number of methoxy groups -OCH3 is 1. The fraction of sp³-hybridized carbons (Fsp3) is 0.250. The summed E-state index contributed by atoms with van der Waals surface area (Å²) in [6.07, 6.45) is 1.85. The Morgan fingerprint density at radius 3 is 2.39 bits per heavy atom. The number of aryl methyl sites for hydroxylation is 3. The maximum atomic E-state index is 13.5. The summed E-state index contributed by atoms with van der Waals surface area (Å²) in [6, 6.07) is 14.3. The molecule has 0 saturated carbocycles. The first-order valence-electron chi connectivity index (χ1n) is 11.1. The van der Waals surface area contributed by atoms with Gasteiger partial charge in [-0.05, 0) is 96.6 Å². The molecular weight excluding hydrogens is 417 g/mol. The molecule has 0 aliphatic rings. The molecule has 0 fully saturated rings. The molecule has 5 heteroatoms. The van der Waals surface area contributed by atoms with Crippen LogP contribution in [0.5, 0.6) is 5.75 Å². The lowest BCUT2D eigenvalue weighted by Crippen LogP contribution is -2.18. The minimum Gasteiger partial charge on any atom is -0.496 e. The van der Waals surface area contributed by atoms with Gasteiger partial charge in [0.25, 0.3) is 5.91 Å². The van der Waals surface area contributed by atoms with E-state index in [0.29, 0.717) is 22.5 Å². The van der Waals surface area contributed by atoms with Crippen molar-refractivity contribution in [3.05, 3.63) is 76.6 Å². The molecule has 1 N–H and O–H groups in total. The molecular formula is C28H28FNO3. The molecule has 0 aliphatic carbocycles. The van der Waals surface area contributed by atoms with Gasteiger partial charge >= 0.3 is 0 Å². The summed E-state index contributed by atoms with van der Waals surface area (Å²) in [7, 11) is 3.27. The highest BCUT2D eigenvalue weighted by Crippen LogP contribution is 2.40. The molecule has 0 atom stereocenters. The second-order valence-corrected chi connectivity index (χ2v) is 8.28. The molecule has 4 nitrogen and oxygen atoms in total. The van der Waals surface area contributed by atoms with Crippen LogP contribution in [0.3, 0.4) is 0 Å². The van der Waals surface area contributed by atoms with Gasteiger partial charge in [-0.1, -0.05) is 13.3 Å². The van der Waals surface area contributed by atoms with Crippen molar-refractivity contribution in [1.82, 2.24) is 5.32 Å². The number of hydrogen-bond acceptors (Lipinski definition) is 3. The van der Waals surface area contributed by atoms with Gasteiger partial charge < -0.3 is 14.5 Å². The van der Waals surface area contributed by atoms with Crippen LogP contribution in [0.15, 0.2) is 52.9 Å². The van der Waals surface area contributed by atoms with Crippen molar-refractivity contribution in [2.75, 3.05) is 14.2 Å². The van der Waals surface area contributed by atoms with Crippen molar-refractivity contribution < 1.29 is 18.3 Å². The molecule has 0 aliphatic heterocycles. The lowest BCUT2D eigenvalue weighted by Gasteiger charge is -2.15. The van der Waals surface area contributed by atoms with E-state index in [1.165, 1.54) is 12.1 Å². The fourth-order valence-corrected chi connectivity index (χ4v) is 4.37. The summed E-state index contributed by atoms with van der Waals surface area (Å²) in [5, 5.41) is 3.46. The van der Waals surface area contributed by atoms with Crippen LogP contribution >= 0.6 is 0 Å². The molecule has 0 unspecified atom stereocenters. The SMILES string of the molecule is CCCc1cc2oc(-c3ccc(F)cc3)c(C(=O)NC)c2cc1-c1cc(C)c(OC)cc1C. The Balaban J connectivity index is 2.03. The Morgan fingerprint density at radius 1 is 1.03 bits per heavy atom. The standard InChI is InChI=1S/C28H28FNO3/c1-6-7-19-14-25-23(15-22(19)21-12-17(3)24(32-5)13-16(21)2)26(28(31)30-4)27(33-25)18-8-10-20(29)11-9-18/h8-15H,6-7H2,1-5H3,(H,30,31). The quantitative estimate of drug-likeness (QED) is 0.353. The molecule has 1 amide bonds. The molecule has 33 heavy (non-hydrogen) atoms. The predicted molar refractivity (Wildman–Crippen MR) is 130 cm³/mol. The summed E-state index contributed by atoms with van der Waals surface area (Å²) in [6.45, 7) is 6.23. The van der Waals surface area contributed by atoms with Crippen LogP contribution in [-0.2, 0) is 6.42 Å². The topological polar surface area (TPSA) is 51.5 Å². The van der Waals surface area contributed by atoms with Gasteiger partial charge in [-0.2, -0.15) is 0 Å². The van der Waals surface area contributed by atoms with E-state index < -0.39 is 0 Å². The number of amides is 1. The number of furan rings is 1. The van der Waals surface area contributed by atoms with Gasteiger partial charge in [0, 0.05) is 18.0 Å². The maximum Gasteiger partial charge on any atom is 0.255 e. The van der Waals surface area contributed by atoms with Crippen LogP contribution in [0.4, 0.5) is 4.39 Å². The molecule has 4 aromatic rings. The zero-order valence-electron chi connectivity index (χ0n) is 19.6. The third-order valence-electron chi connectivity index (χ3n) is 6.03. The van der Waals surface area contributed by atoms with E-state index in [1.807, 2.05) is 19.1 Å². The van der Waals surface area contributed by atoms with E-state index in [0.717, 1.165) is 51.8 Å². The Hall–Kier alpha value is -3.60. The minimum absolute atomic E-state index is 0.245. The van der Waals surface area contributed by atoms with E-state index in [9.17, 15) is 9.18 Å². The number of benzene rings is 3. The van der Waals surface area contributed by atoms with E-state index in [4.69, 9.17) is 9.15 Å². The third-order valence-corrected chi connectivity index (χ3v) is 6.03. The number of carbonyl (C=O) groups is 1. The molecule has 0 radical (unpaired) electrons. The number of halogens is 1. The van der Waals surface area contributed by atoms with Crippen LogP contribution in [0.2, 0.25) is 0 Å². The lowest BCUT2D eigenvalue weighted by molar-refractivity contribution is 0.0964.